The highest BCUT2D eigenvalue weighted by Gasteiger charge is 2.35. The Bertz CT molecular complexity index is 2090. The molecule has 0 unspecified atom stereocenters. The number of hydrogen-bond acceptors (Lipinski definition) is 13. The lowest BCUT2D eigenvalue weighted by Crippen LogP contribution is -2.62. The highest BCUT2D eigenvalue weighted by molar-refractivity contribution is 5.99. The number of primary amides is 1. The average molecular weight is 892 g/mol. The van der Waals surface area contributed by atoms with E-state index in [0.29, 0.717) is 16.7 Å². The quantitative estimate of drug-likeness (QED) is 0.0383. The van der Waals surface area contributed by atoms with E-state index in [1.165, 1.54) is 24.3 Å². The van der Waals surface area contributed by atoms with Crippen LogP contribution >= 0.6 is 0 Å². The highest BCUT2D eigenvalue weighted by Crippen LogP contribution is 2.13. The number of hydrogen-bond donors (Lipinski definition) is 13. The number of benzene rings is 3. The molecule has 0 aliphatic heterocycles. The van der Waals surface area contributed by atoms with Gasteiger partial charge < -0.3 is 69.1 Å². The second-order valence-corrected chi connectivity index (χ2v) is 14.5. The molecule has 0 aliphatic rings. The summed E-state index contributed by atoms with van der Waals surface area (Å²) in [6.45, 7) is -1.11. The lowest BCUT2D eigenvalue weighted by Gasteiger charge is -2.28. The van der Waals surface area contributed by atoms with E-state index in [1.807, 2.05) is 0 Å². The Labute approximate surface area is 366 Å². The first-order chi connectivity index (χ1) is 30.4. The van der Waals surface area contributed by atoms with Crippen LogP contribution in [0.5, 0.6) is 5.75 Å². The summed E-state index contributed by atoms with van der Waals surface area (Å²) in [6, 6.07) is 12.6. The van der Waals surface area contributed by atoms with Gasteiger partial charge in [0.1, 0.15) is 48.5 Å². The van der Waals surface area contributed by atoms with Gasteiger partial charge in [0.2, 0.25) is 47.3 Å². The molecule has 344 valence electrons. The van der Waals surface area contributed by atoms with Gasteiger partial charge in [-0.05, 0) is 35.7 Å². The van der Waals surface area contributed by atoms with Gasteiger partial charge in [-0.1, -0.05) is 72.8 Å². The molecule has 15 N–H and O–H groups in total. The van der Waals surface area contributed by atoms with E-state index in [-0.39, 0.29) is 25.0 Å². The van der Waals surface area contributed by atoms with Gasteiger partial charge in [0.15, 0.2) is 0 Å². The van der Waals surface area contributed by atoms with E-state index >= 15 is 0 Å². The van der Waals surface area contributed by atoms with Crippen LogP contribution in [0, 0.1) is 0 Å². The first-order valence-electron chi connectivity index (χ1n) is 19.8. The van der Waals surface area contributed by atoms with Crippen molar-refractivity contribution in [1.82, 2.24) is 37.2 Å². The van der Waals surface area contributed by atoms with Gasteiger partial charge >= 0.3 is 5.97 Å². The molecule has 8 amide bonds. The number of amides is 8. The number of carbonyl (C=O) groups is 9. The fourth-order valence-corrected chi connectivity index (χ4v) is 6.08. The minimum atomic E-state index is -1.84. The molecular weight excluding hydrogens is 839 g/mol. The molecule has 64 heavy (non-hydrogen) atoms. The Morgan fingerprint density at radius 1 is 0.562 bits per heavy atom. The molecule has 0 saturated heterocycles. The van der Waals surface area contributed by atoms with Gasteiger partial charge in [-0.2, -0.15) is 0 Å². The fourth-order valence-electron chi connectivity index (χ4n) is 6.08. The zero-order valence-electron chi connectivity index (χ0n) is 34.7. The summed E-state index contributed by atoms with van der Waals surface area (Å²) in [6.07, 6.45) is -3.00. The molecule has 22 nitrogen and oxygen atoms in total. The van der Waals surface area contributed by atoms with Crippen LogP contribution in [0.4, 0.5) is 0 Å². The minimum Gasteiger partial charge on any atom is -0.508 e. The van der Waals surface area contributed by atoms with Gasteiger partial charge in [-0.3, -0.25) is 43.2 Å². The Morgan fingerprint density at radius 3 is 1.45 bits per heavy atom. The molecule has 0 bridgehead atoms. The molecule has 22 heteroatoms. The van der Waals surface area contributed by atoms with Crippen LogP contribution in [0.25, 0.3) is 0 Å². The van der Waals surface area contributed by atoms with Crippen molar-refractivity contribution in [3.63, 3.8) is 0 Å². The number of nitrogens with two attached hydrogens (primary N) is 2. The normalized spacial score (nSPS) is 14.1. The third-order valence-electron chi connectivity index (χ3n) is 9.37. The summed E-state index contributed by atoms with van der Waals surface area (Å²) in [4.78, 5) is 117. The van der Waals surface area contributed by atoms with Crippen LogP contribution in [0.1, 0.15) is 30.0 Å². The largest absolute Gasteiger partial charge is 0.508 e. The number of aliphatic hydroxyl groups excluding tert-OH is 2. The number of carboxylic acid groups (broad SMARTS) is 1. The molecule has 0 aliphatic carbocycles. The SMILES string of the molecule is C[C@@H](O)[C@H](NC(=O)[C@H](CC(N)=O)NC(=O)[C@H](Cc1ccccc1)NC(=O)[C@H](CO)NC(=O)[C@H](Cc1ccccc1)NC(=O)CN)C(=O)N[C@@H](Cc1ccc(O)cc1)C(=O)NCC(=O)O. The maximum absolute atomic E-state index is 14.0. The molecule has 0 saturated carbocycles. The molecule has 3 rings (SSSR count). The molecule has 0 radical (unpaired) electrons. The van der Waals surface area contributed by atoms with E-state index in [0.717, 1.165) is 6.92 Å². The first kappa shape index (κ1) is 50.9. The molecule has 3 aromatic rings. The van der Waals surface area contributed by atoms with Crippen LogP contribution in [-0.2, 0) is 62.4 Å². The number of carboxylic acids is 1. The number of aliphatic hydroxyl groups is 2. The summed E-state index contributed by atoms with van der Waals surface area (Å²) in [5.41, 5.74) is 12.4. The second-order valence-electron chi connectivity index (χ2n) is 14.5. The molecule has 0 spiro atoms. The second kappa shape index (κ2) is 25.5. The summed E-state index contributed by atoms with van der Waals surface area (Å²) in [5, 5.41) is 55.8. The number of rotatable bonds is 25. The van der Waals surface area contributed by atoms with Crippen LogP contribution in [0.2, 0.25) is 0 Å². The van der Waals surface area contributed by atoms with E-state index < -0.39 is 122 Å². The Morgan fingerprint density at radius 2 is 0.984 bits per heavy atom. The van der Waals surface area contributed by atoms with Crippen molar-refractivity contribution < 1.29 is 63.6 Å². The molecular formula is C42H53N9O13. The van der Waals surface area contributed by atoms with E-state index in [4.69, 9.17) is 16.6 Å². The number of aliphatic carboxylic acids is 1. The number of phenolic OH excluding ortho intramolecular Hbond substituents is 1. The van der Waals surface area contributed by atoms with Crippen LogP contribution in [-0.4, -0.2) is 136 Å². The Kier molecular flexibility index (Phi) is 20.3. The number of carbonyl (C=O) groups excluding carboxylic acids is 8. The Balaban J connectivity index is 1.84. The van der Waals surface area contributed by atoms with E-state index in [9.17, 15) is 58.5 Å². The number of phenols is 1. The lowest BCUT2D eigenvalue weighted by atomic mass is 10.0. The Hall–Kier alpha value is -7.43. The van der Waals surface area contributed by atoms with Crippen molar-refractivity contribution in [2.75, 3.05) is 19.7 Å². The maximum Gasteiger partial charge on any atom is 0.322 e. The smallest absolute Gasteiger partial charge is 0.322 e. The standard InChI is InChI=1S/C42H53N9O13/c1-23(53)36(42(64)49-28(37(59)45-21-35(57)58)18-26-12-14-27(54)15-13-26)51-40(62)31(19-33(44)55)48-39(61)30(17-25-10-6-3-7-11-25)47-41(63)32(22-52)50-38(60)29(46-34(56)20-43)16-24-8-4-2-5-9-24/h2-15,23,28-32,36,52-54H,16-22,43H2,1H3,(H2,44,55)(H,45,59)(H,46,56)(H,47,63)(H,48,61)(H,49,64)(H,50,60)(H,51,62)(H,57,58)/t23-,28+,29+,30+,31+,32+,36+/m1/s1. The highest BCUT2D eigenvalue weighted by atomic mass is 16.4. The number of aromatic hydroxyl groups is 1. The van der Waals surface area contributed by atoms with Crippen molar-refractivity contribution in [1.29, 1.82) is 0 Å². The van der Waals surface area contributed by atoms with Crippen molar-refractivity contribution in [2.24, 2.45) is 11.5 Å². The predicted molar refractivity (Wildman–Crippen MR) is 226 cm³/mol. The van der Waals surface area contributed by atoms with Crippen molar-refractivity contribution in [3.05, 3.63) is 102 Å². The van der Waals surface area contributed by atoms with Crippen molar-refractivity contribution in [3.8, 4) is 5.75 Å². The molecule has 0 fully saturated rings. The van der Waals surface area contributed by atoms with Gasteiger partial charge in [0, 0.05) is 19.3 Å². The van der Waals surface area contributed by atoms with E-state index in [1.54, 1.807) is 60.7 Å². The van der Waals surface area contributed by atoms with Gasteiger partial charge in [0.05, 0.1) is 25.7 Å². The van der Waals surface area contributed by atoms with Crippen LogP contribution < -0.4 is 48.7 Å². The minimum absolute atomic E-state index is 0.0133. The summed E-state index contributed by atoms with van der Waals surface area (Å²) < 4.78 is 0. The predicted octanol–water partition coefficient (Wildman–Crippen LogP) is -4.26. The first-order valence-corrected chi connectivity index (χ1v) is 19.8. The average Bonchev–Trinajstić information content (AvgIpc) is 3.26. The zero-order valence-corrected chi connectivity index (χ0v) is 34.7. The monoisotopic (exact) mass is 891 g/mol. The van der Waals surface area contributed by atoms with Crippen molar-refractivity contribution >= 4 is 53.2 Å². The van der Waals surface area contributed by atoms with Gasteiger partial charge in [-0.25, -0.2) is 0 Å². The maximum atomic E-state index is 14.0. The summed E-state index contributed by atoms with van der Waals surface area (Å²) >= 11 is 0. The topological polar surface area (TPSA) is 371 Å². The van der Waals surface area contributed by atoms with Gasteiger partial charge in [-0.15, -0.1) is 0 Å². The summed E-state index contributed by atoms with van der Waals surface area (Å²) in [7, 11) is 0. The number of nitrogens with one attached hydrogen (secondary N) is 7. The van der Waals surface area contributed by atoms with E-state index in [2.05, 4.69) is 37.2 Å². The lowest BCUT2D eigenvalue weighted by molar-refractivity contribution is -0.139. The third-order valence-corrected chi connectivity index (χ3v) is 9.37. The molecule has 7 atom stereocenters. The van der Waals surface area contributed by atoms with Gasteiger partial charge in [0.25, 0.3) is 0 Å². The van der Waals surface area contributed by atoms with Crippen LogP contribution in [0.3, 0.4) is 0 Å². The molecule has 3 aromatic carbocycles. The van der Waals surface area contributed by atoms with Crippen LogP contribution in [0.15, 0.2) is 84.9 Å². The van der Waals surface area contributed by atoms with Crippen molar-refractivity contribution in [2.45, 2.75) is 75.0 Å². The zero-order chi connectivity index (χ0) is 47.3. The summed E-state index contributed by atoms with van der Waals surface area (Å²) in [5.74, 6) is -9.55. The fraction of sp³-hybridized carbons (Fsp3) is 0.357. The molecule has 0 aromatic heterocycles. The molecule has 0 heterocycles. The third kappa shape index (κ3) is 17.1.